The van der Waals surface area contributed by atoms with Crippen molar-refractivity contribution in [2.24, 2.45) is 0 Å². The zero-order chi connectivity index (χ0) is 13.5. The standard InChI is InChI=1S/C12H14N2O4/c1-12(7-14(16)17)9-6-8(18-3)4-5-10(9)13(2)11(12)15/h4-6H,7H2,1-3H3. The van der Waals surface area contributed by atoms with E-state index in [0.717, 1.165) is 0 Å². The molecule has 2 rings (SSSR count). The van der Waals surface area contributed by atoms with E-state index < -0.39 is 16.9 Å². The van der Waals surface area contributed by atoms with Crippen LogP contribution in [0, 0.1) is 10.1 Å². The molecule has 0 saturated carbocycles. The van der Waals surface area contributed by atoms with Gasteiger partial charge in [-0.2, -0.15) is 0 Å². The number of benzene rings is 1. The molecular formula is C12H14N2O4. The molecule has 1 amide bonds. The van der Waals surface area contributed by atoms with Gasteiger partial charge in [0.05, 0.1) is 7.11 Å². The van der Waals surface area contributed by atoms with Crippen LogP contribution in [-0.2, 0) is 10.2 Å². The molecule has 18 heavy (non-hydrogen) atoms. The zero-order valence-corrected chi connectivity index (χ0v) is 10.5. The zero-order valence-electron chi connectivity index (χ0n) is 10.5. The molecule has 0 saturated heterocycles. The van der Waals surface area contributed by atoms with Crippen molar-refractivity contribution in [1.29, 1.82) is 0 Å². The Labute approximate surface area is 104 Å². The van der Waals surface area contributed by atoms with Crippen LogP contribution in [0.3, 0.4) is 0 Å². The molecule has 0 N–H and O–H groups in total. The van der Waals surface area contributed by atoms with Crippen LogP contribution < -0.4 is 9.64 Å². The molecule has 0 bridgehead atoms. The van der Waals surface area contributed by atoms with E-state index >= 15 is 0 Å². The highest BCUT2D eigenvalue weighted by atomic mass is 16.6. The molecule has 1 heterocycles. The summed E-state index contributed by atoms with van der Waals surface area (Å²) in [5.74, 6) is 0.328. The second kappa shape index (κ2) is 3.97. The van der Waals surface area contributed by atoms with Crippen LogP contribution >= 0.6 is 0 Å². The van der Waals surface area contributed by atoms with E-state index in [1.54, 1.807) is 32.2 Å². The Balaban J connectivity index is 2.58. The van der Waals surface area contributed by atoms with Crippen LogP contribution in [0.15, 0.2) is 18.2 Å². The minimum Gasteiger partial charge on any atom is -0.497 e. The molecule has 0 aliphatic carbocycles. The molecule has 0 fully saturated rings. The predicted octanol–water partition coefficient (Wildman–Crippen LogP) is 1.21. The van der Waals surface area contributed by atoms with Crippen molar-refractivity contribution in [2.45, 2.75) is 12.3 Å². The topological polar surface area (TPSA) is 72.7 Å². The summed E-state index contributed by atoms with van der Waals surface area (Å²) < 4.78 is 5.11. The maximum atomic E-state index is 12.2. The highest BCUT2D eigenvalue weighted by Gasteiger charge is 2.50. The first-order chi connectivity index (χ1) is 8.40. The highest BCUT2D eigenvalue weighted by Crippen LogP contribution is 2.42. The van der Waals surface area contributed by atoms with E-state index in [1.165, 1.54) is 12.0 Å². The fraction of sp³-hybridized carbons (Fsp3) is 0.417. The Morgan fingerprint density at radius 3 is 2.72 bits per heavy atom. The van der Waals surface area contributed by atoms with Crippen molar-refractivity contribution in [3.05, 3.63) is 33.9 Å². The Morgan fingerprint density at radius 2 is 2.17 bits per heavy atom. The number of amides is 1. The third kappa shape index (κ3) is 1.61. The average Bonchev–Trinajstić information content (AvgIpc) is 2.51. The number of hydrogen-bond donors (Lipinski definition) is 0. The fourth-order valence-electron chi connectivity index (χ4n) is 2.38. The smallest absolute Gasteiger partial charge is 0.243 e. The van der Waals surface area contributed by atoms with Gasteiger partial charge >= 0.3 is 0 Å². The first-order valence-electron chi connectivity index (χ1n) is 5.48. The number of carbonyl (C=O) groups excluding carboxylic acids is 1. The maximum absolute atomic E-state index is 12.2. The number of fused-ring (bicyclic) bond motifs is 1. The quantitative estimate of drug-likeness (QED) is 0.597. The number of carbonyl (C=O) groups is 1. The van der Waals surface area contributed by atoms with Crippen molar-refractivity contribution in [1.82, 2.24) is 0 Å². The third-order valence-electron chi connectivity index (χ3n) is 3.38. The van der Waals surface area contributed by atoms with Gasteiger partial charge in [0.1, 0.15) is 11.2 Å². The Kier molecular flexibility index (Phi) is 2.73. The Morgan fingerprint density at radius 1 is 1.50 bits per heavy atom. The van der Waals surface area contributed by atoms with E-state index in [0.29, 0.717) is 17.0 Å². The molecule has 6 nitrogen and oxygen atoms in total. The Bertz CT molecular complexity index is 529. The summed E-state index contributed by atoms with van der Waals surface area (Å²) in [6, 6.07) is 5.18. The highest BCUT2D eigenvalue weighted by molar-refractivity contribution is 6.07. The number of nitro groups is 1. The predicted molar refractivity (Wildman–Crippen MR) is 65.6 cm³/mol. The van der Waals surface area contributed by atoms with Gasteiger partial charge in [-0.3, -0.25) is 14.9 Å². The van der Waals surface area contributed by atoms with Crippen LogP contribution in [0.1, 0.15) is 12.5 Å². The first-order valence-corrected chi connectivity index (χ1v) is 5.48. The van der Waals surface area contributed by atoms with Crippen LogP contribution in [0.25, 0.3) is 0 Å². The van der Waals surface area contributed by atoms with Gasteiger partial charge in [-0.05, 0) is 25.1 Å². The van der Waals surface area contributed by atoms with E-state index in [4.69, 9.17) is 4.74 Å². The number of rotatable bonds is 3. The van der Waals surface area contributed by atoms with Crippen LogP contribution in [-0.4, -0.2) is 31.5 Å². The molecule has 6 heteroatoms. The summed E-state index contributed by atoms with van der Waals surface area (Å²) >= 11 is 0. The average molecular weight is 250 g/mol. The van der Waals surface area contributed by atoms with E-state index in [1.807, 2.05) is 0 Å². The van der Waals surface area contributed by atoms with Crippen molar-refractivity contribution in [2.75, 3.05) is 25.6 Å². The summed E-state index contributed by atoms with van der Waals surface area (Å²) in [6.45, 7) is 1.18. The maximum Gasteiger partial charge on any atom is 0.243 e. The van der Waals surface area contributed by atoms with E-state index in [-0.39, 0.29) is 5.91 Å². The van der Waals surface area contributed by atoms with E-state index in [9.17, 15) is 14.9 Å². The molecule has 0 aromatic heterocycles. The van der Waals surface area contributed by atoms with Crippen molar-refractivity contribution < 1.29 is 14.5 Å². The van der Waals surface area contributed by atoms with Gasteiger partial charge in [-0.25, -0.2) is 0 Å². The second-order valence-electron chi connectivity index (χ2n) is 4.57. The van der Waals surface area contributed by atoms with Crippen molar-refractivity contribution >= 4 is 11.6 Å². The van der Waals surface area contributed by atoms with Crippen molar-refractivity contribution in [3.8, 4) is 5.75 Å². The lowest BCUT2D eigenvalue weighted by molar-refractivity contribution is -0.487. The fourth-order valence-corrected chi connectivity index (χ4v) is 2.38. The summed E-state index contributed by atoms with van der Waals surface area (Å²) in [4.78, 5) is 24.0. The van der Waals surface area contributed by atoms with E-state index in [2.05, 4.69) is 0 Å². The molecule has 0 spiro atoms. The SMILES string of the molecule is COc1ccc2c(c1)C(C)(C[N+](=O)[O-])C(=O)N2C. The number of ether oxygens (including phenoxy) is 1. The largest absolute Gasteiger partial charge is 0.497 e. The molecule has 1 aromatic rings. The molecule has 1 aliphatic heterocycles. The van der Waals surface area contributed by atoms with Gasteiger partial charge in [-0.1, -0.05) is 0 Å². The second-order valence-corrected chi connectivity index (χ2v) is 4.57. The number of likely N-dealkylation sites (N-methyl/N-ethyl adjacent to an activating group) is 1. The van der Waals surface area contributed by atoms with Gasteiger partial charge in [0.2, 0.25) is 12.5 Å². The van der Waals surface area contributed by atoms with Crippen molar-refractivity contribution in [3.63, 3.8) is 0 Å². The summed E-state index contributed by atoms with van der Waals surface area (Å²) in [7, 11) is 3.14. The van der Waals surface area contributed by atoms with Crippen LogP contribution in [0.4, 0.5) is 5.69 Å². The summed E-state index contributed by atoms with van der Waals surface area (Å²) in [6.07, 6.45) is 0. The van der Waals surface area contributed by atoms with Gasteiger partial charge in [-0.15, -0.1) is 0 Å². The minimum atomic E-state index is -1.12. The van der Waals surface area contributed by atoms with Crippen LogP contribution in [0.2, 0.25) is 0 Å². The molecule has 1 unspecified atom stereocenters. The number of anilines is 1. The summed E-state index contributed by atoms with van der Waals surface area (Å²) in [5, 5.41) is 10.8. The number of methoxy groups -OCH3 is 1. The molecule has 1 aromatic carbocycles. The van der Waals surface area contributed by atoms with Gasteiger partial charge in [0, 0.05) is 23.2 Å². The van der Waals surface area contributed by atoms with Gasteiger partial charge in [0.25, 0.3) is 0 Å². The third-order valence-corrected chi connectivity index (χ3v) is 3.38. The monoisotopic (exact) mass is 250 g/mol. The van der Waals surface area contributed by atoms with Crippen LogP contribution in [0.5, 0.6) is 5.75 Å². The summed E-state index contributed by atoms with van der Waals surface area (Å²) in [5.41, 5.74) is 0.221. The first kappa shape index (κ1) is 12.3. The normalized spacial score (nSPS) is 21.9. The number of hydrogen-bond acceptors (Lipinski definition) is 4. The molecule has 0 radical (unpaired) electrons. The Hall–Kier alpha value is -2.11. The lowest BCUT2D eigenvalue weighted by Gasteiger charge is -2.18. The van der Waals surface area contributed by atoms with Gasteiger partial charge < -0.3 is 9.64 Å². The molecule has 96 valence electrons. The molecule has 1 aliphatic rings. The lowest BCUT2D eigenvalue weighted by atomic mass is 9.84. The number of nitrogens with zero attached hydrogens (tertiary/aromatic N) is 2. The molecule has 1 atom stereocenters. The minimum absolute atomic E-state index is 0.262. The molecular weight excluding hydrogens is 236 g/mol. The lowest BCUT2D eigenvalue weighted by Crippen LogP contribution is -2.41. The van der Waals surface area contributed by atoms with Gasteiger partial charge in [0.15, 0.2) is 0 Å².